The lowest BCUT2D eigenvalue weighted by molar-refractivity contribution is 0.0698. The standard InChI is InChI=1S/C24H21ClN2O4/c25-18-4-6-22(21(14-18)24(29)30)26-19-5-7-23-17(13-19)8-9-27(23)15-16-2-1-3-20(12-16)31-11-10-28/h1-9,12-14,26,28H,10-11,15H2,(H,29,30). The monoisotopic (exact) mass is 436 g/mol. The number of anilines is 2. The highest BCUT2D eigenvalue weighted by atomic mass is 35.5. The molecule has 4 aromatic rings. The summed E-state index contributed by atoms with van der Waals surface area (Å²) in [6, 6.07) is 20.5. The molecule has 3 aromatic carbocycles. The van der Waals surface area contributed by atoms with Gasteiger partial charge in [-0.2, -0.15) is 0 Å². The van der Waals surface area contributed by atoms with Gasteiger partial charge in [0, 0.05) is 34.4 Å². The van der Waals surface area contributed by atoms with Gasteiger partial charge in [-0.25, -0.2) is 4.79 Å². The number of carboxylic acid groups (broad SMARTS) is 1. The molecule has 7 heteroatoms. The van der Waals surface area contributed by atoms with Gasteiger partial charge < -0.3 is 24.8 Å². The second-order valence-electron chi connectivity index (χ2n) is 7.06. The normalized spacial score (nSPS) is 10.9. The van der Waals surface area contributed by atoms with Crippen molar-refractivity contribution in [2.75, 3.05) is 18.5 Å². The maximum Gasteiger partial charge on any atom is 0.337 e. The number of hydrogen-bond acceptors (Lipinski definition) is 4. The summed E-state index contributed by atoms with van der Waals surface area (Å²) in [5.74, 6) is -0.311. The van der Waals surface area contributed by atoms with E-state index < -0.39 is 5.97 Å². The molecule has 0 bridgehead atoms. The fraction of sp³-hybridized carbons (Fsp3) is 0.125. The van der Waals surface area contributed by atoms with E-state index in [1.807, 2.05) is 54.7 Å². The summed E-state index contributed by atoms with van der Waals surface area (Å²) in [6.07, 6.45) is 2.01. The number of aliphatic hydroxyl groups excluding tert-OH is 1. The molecule has 4 rings (SSSR count). The zero-order chi connectivity index (χ0) is 21.8. The van der Waals surface area contributed by atoms with E-state index in [4.69, 9.17) is 21.4 Å². The first kappa shape index (κ1) is 20.8. The van der Waals surface area contributed by atoms with Gasteiger partial charge in [0.25, 0.3) is 0 Å². The molecule has 1 heterocycles. The number of carbonyl (C=O) groups is 1. The van der Waals surface area contributed by atoms with Gasteiger partial charge in [-0.15, -0.1) is 0 Å². The fourth-order valence-electron chi connectivity index (χ4n) is 3.47. The predicted molar refractivity (Wildman–Crippen MR) is 122 cm³/mol. The van der Waals surface area contributed by atoms with Crippen molar-refractivity contribution in [3.05, 3.63) is 89.1 Å². The second-order valence-corrected chi connectivity index (χ2v) is 7.49. The largest absolute Gasteiger partial charge is 0.491 e. The predicted octanol–water partition coefficient (Wildman–Crippen LogP) is 5.16. The Labute approximate surface area is 184 Å². The molecule has 1 aromatic heterocycles. The van der Waals surface area contributed by atoms with Gasteiger partial charge in [-0.1, -0.05) is 23.7 Å². The number of rotatable bonds is 8. The van der Waals surface area contributed by atoms with Gasteiger partial charge in [0.1, 0.15) is 12.4 Å². The Morgan fingerprint density at radius 3 is 2.74 bits per heavy atom. The Kier molecular flexibility index (Phi) is 6.11. The van der Waals surface area contributed by atoms with Gasteiger partial charge in [-0.05, 0) is 60.2 Å². The van der Waals surface area contributed by atoms with E-state index in [2.05, 4.69) is 9.88 Å². The van der Waals surface area contributed by atoms with E-state index >= 15 is 0 Å². The molecule has 3 N–H and O–H groups in total. The average molecular weight is 437 g/mol. The fourth-order valence-corrected chi connectivity index (χ4v) is 3.64. The lowest BCUT2D eigenvalue weighted by atomic mass is 10.1. The number of ether oxygens (including phenoxy) is 1. The van der Waals surface area contributed by atoms with Crippen LogP contribution in [0.15, 0.2) is 72.9 Å². The van der Waals surface area contributed by atoms with E-state index in [-0.39, 0.29) is 18.8 Å². The minimum absolute atomic E-state index is 0.0210. The zero-order valence-electron chi connectivity index (χ0n) is 16.6. The molecule has 158 valence electrons. The van der Waals surface area contributed by atoms with Gasteiger partial charge in [0.15, 0.2) is 0 Å². The first-order valence-corrected chi connectivity index (χ1v) is 10.1. The van der Waals surface area contributed by atoms with Crippen LogP contribution in [0.4, 0.5) is 11.4 Å². The first-order chi connectivity index (χ1) is 15.0. The SMILES string of the molecule is O=C(O)c1cc(Cl)ccc1Nc1ccc2c(ccn2Cc2cccc(OCCO)c2)c1. The quantitative estimate of drug-likeness (QED) is 0.355. The lowest BCUT2D eigenvalue weighted by Crippen LogP contribution is -2.03. The number of aromatic carboxylic acids is 1. The number of carboxylic acids is 1. The summed E-state index contributed by atoms with van der Waals surface area (Å²) in [7, 11) is 0. The van der Waals surface area contributed by atoms with Crippen LogP contribution in [0.1, 0.15) is 15.9 Å². The topological polar surface area (TPSA) is 83.7 Å². The molecule has 0 amide bonds. The van der Waals surface area contributed by atoms with E-state index in [0.29, 0.717) is 17.3 Å². The summed E-state index contributed by atoms with van der Waals surface area (Å²) < 4.78 is 7.63. The number of fused-ring (bicyclic) bond motifs is 1. The van der Waals surface area contributed by atoms with Crippen LogP contribution in [0.25, 0.3) is 10.9 Å². The minimum atomic E-state index is -1.04. The van der Waals surface area contributed by atoms with E-state index in [1.165, 1.54) is 6.07 Å². The Morgan fingerprint density at radius 2 is 1.94 bits per heavy atom. The van der Waals surface area contributed by atoms with Crippen molar-refractivity contribution in [3.8, 4) is 5.75 Å². The second kappa shape index (κ2) is 9.12. The number of aromatic nitrogens is 1. The highest BCUT2D eigenvalue weighted by molar-refractivity contribution is 6.31. The third-order valence-electron chi connectivity index (χ3n) is 4.87. The van der Waals surface area contributed by atoms with Crippen molar-refractivity contribution >= 4 is 39.8 Å². The van der Waals surface area contributed by atoms with Crippen molar-refractivity contribution < 1.29 is 19.7 Å². The summed E-state index contributed by atoms with van der Waals surface area (Å²) >= 11 is 5.93. The van der Waals surface area contributed by atoms with Gasteiger partial charge >= 0.3 is 5.97 Å². The van der Waals surface area contributed by atoms with Crippen LogP contribution in [0, 0.1) is 0 Å². The maximum atomic E-state index is 11.5. The molecule has 0 saturated carbocycles. The van der Waals surface area contributed by atoms with Crippen molar-refractivity contribution in [1.82, 2.24) is 4.57 Å². The summed E-state index contributed by atoms with van der Waals surface area (Å²) in [5.41, 5.74) is 3.53. The van der Waals surface area contributed by atoms with E-state index in [9.17, 15) is 9.90 Å². The van der Waals surface area contributed by atoms with Crippen molar-refractivity contribution in [3.63, 3.8) is 0 Å². The molecule has 0 spiro atoms. The van der Waals surface area contributed by atoms with Crippen molar-refractivity contribution in [1.29, 1.82) is 0 Å². The molecule has 0 saturated heterocycles. The Hall–Kier alpha value is -3.48. The molecule has 6 nitrogen and oxygen atoms in total. The molecule has 0 radical (unpaired) electrons. The highest BCUT2D eigenvalue weighted by Gasteiger charge is 2.12. The number of halogens is 1. The molecule has 31 heavy (non-hydrogen) atoms. The Bertz CT molecular complexity index is 1240. The summed E-state index contributed by atoms with van der Waals surface area (Å²) in [4.78, 5) is 11.5. The van der Waals surface area contributed by atoms with Gasteiger partial charge in [0.05, 0.1) is 17.9 Å². The maximum absolute atomic E-state index is 11.5. The number of benzene rings is 3. The third kappa shape index (κ3) is 4.82. The Morgan fingerprint density at radius 1 is 1.06 bits per heavy atom. The van der Waals surface area contributed by atoms with Crippen LogP contribution in [0.2, 0.25) is 5.02 Å². The lowest BCUT2D eigenvalue weighted by Gasteiger charge is -2.11. The number of hydrogen-bond donors (Lipinski definition) is 3. The zero-order valence-corrected chi connectivity index (χ0v) is 17.3. The van der Waals surface area contributed by atoms with Crippen molar-refractivity contribution in [2.45, 2.75) is 6.54 Å². The summed E-state index contributed by atoms with van der Waals surface area (Å²) in [6.45, 7) is 0.919. The Balaban J connectivity index is 1.56. The molecule has 0 unspecified atom stereocenters. The van der Waals surface area contributed by atoms with Crippen LogP contribution in [0.3, 0.4) is 0 Å². The van der Waals surface area contributed by atoms with Crippen LogP contribution < -0.4 is 10.1 Å². The smallest absolute Gasteiger partial charge is 0.337 e. The molecule has 0 fully saturated rings. The van der Waals surface area contributed by atoms with Crippen LogP contribution in [-0.4, -0.2) is 34.0 Å². The van der Waals surface area contributed by atoms with E-state index in [1.54, 1.807) is 12.1 Å². The molecular weight excluding hydrogens is 416 g/mol. The van der Waals surface area contributed by atoms with Crippen LogP contribution in [0.5, 0.6) is 5.75 Å². The van der Waals surface area contributed by atoms with Gasteiger partial charge in [0.2, 0.25) is 0 Å². The number of nitrogens with one attached hydrogen (secondary N) is 1. The van der Waals surface area contributed by atoms with Gasteiger partial charge in [-0.3, -0.25) is 0 Å². The first-order valence-electron chi connectivity index (χ1n) is 9.75. The van der Waals surface area contributed by atoms with E-state index in [0.717, 1.165) is 27.9 Å². The number of aliphatic hydroxyl groups is 1. The average Bonchev–Trinajstić information content (AvgIpc) is 3.15. The van der Waals surface area contributed by atoms with Crippen LogP contribution in [-0.2, 0) is 6.54 Å². The van der Waals surface area contributed by atoms with Crippen molar-refractivity contribution in [2.24, 2.45) is 0 Å². The third-order valence-corrected chi connectivity index (χ3v) is 5.11. The molecule has 0 aliphatic carbocycles. The summed E-state index contributed by atoms with van der Waals surface area (Å²) in [5, 5.41) is 22.9. The minimum Gasteiger partial charge on any atom is -0.491 e. The molecule has 0 aliphatic heterocycles. The molecular formula is C24H21ClN2O4. The van der Waals surface area contributed by atoms with Crippen LogP contribution >= 0.6 is 11.6 Å². The molecule has 0 aliphatic rings. The molecule has 0 atom stereocenters. The highest BCUT2D eigenvalue weighted by Crippen LogP contribution is 2.27. The number of nitrogens with zero attached hydrogens (tertiary/aromatic N) is 1.